The number of nitrogens with one attached hydrogen (secondary N) is 1. The Morgan fingerprint density at radius 1 is 1.04 bits per heavy atom. The third kappa shape index (κ3) is 5.45. The summed E-state index contributed by atoms with van der Waals surface area (Å²) in [5, 5.41) is 12.6. The van der Waals surface area contributed by atoms with Crippen LogP contribution in [0.2, 0.25) is 0 Å². The summed E-state index contributed by atoms with van der Waals surface area (Å²) in [4.78, 5) is 1.57. The van der Waals surface area contributed by atoms with E-state index in [1.165, 1.54) is 6.07 Å². The van der Waals surface area contributed by atoms with Gasteiger partial charge in [-0.1, -0.05) is 48.5 Å². The van der Waals surface area contributed by atoms with E-state index in [1.54, 1.807) is 16.9 Å². The van der Waals surface area contributed by atoms with Gasteiger partial charge in [0, 0.05) is 30.9 Å². The van der Waals surface area contributed by atoms with Crippen LogP contribution in [-0.2, 0) is 17.8 Å². The highest BCUT2D eigenvalue weighted by atomic mass is 19.1. The third-order valence-electron chi connectivity index (χ3n) is 4.18. The fourth-order valence-electron chi connectivity index (χ4n) is 2.82. The van der Waals surface area contributed by atoms with Crippen LogP contribution in [0.1, 0.15) is 24.6 Å². The number of benzene rings is 2. The number of ether oxygens (including phenoxy) is 1. The molecule has 0 bridgehead atoms. The molecule has 0 radical (unpaired) electrons. The fraction of sp³-hybridized carbons (Fsp3) is 0.333. The second-order valence-corrected chi connectivity index (χ2v) is 6.21. The van der Waals surface area contributed by atoms with Crippen molar-refractivity contribution in [2.24, 2.45) is 0 Å². The zero-order valence-corrected chi connectivity index (χ0v) is 15.6. The number of halogens is 1. The molecule has 1 N–H and O–H groups in total. The minimum Gasteiger partial charge on any atom is -0.382 e. The average molecular weight is 368 g/mol. The molecule has 0 amide bonds. The Morgan fingerprint density at radius 2 is 1.81 bits per heavy atom. The molecule has 0 fully saturated rings. The van der Waals surface area contributed by atoms with E-state index in [0.717, 1.165) is 43.1 Å². The van der Waals surface area contributed by atoms with Crippen LogP contribution in [0.15, 0.2) is 54.6 Å². The summed E-state index contributed by atoms with van der Waals surface area (Å²) in [5.41, 5.74) is 3.25. The molecule has 5 nitrogen and oxygen atoms in total. The predicted octanol–water partition coefficient (Wildman–Crippen LogP) is 3.65. The molecule has 1 heterocycles. The van der Waals surface area contributed by atoms with Crippen LogP contribution >= 0.6 is 0 Å². The van der Waals surface area contributed by atoms with Crippen molar-refractivity contribution in [3.63, 3.8) is 0 Å². The molecule has 0 atom stereocenters. The van der Waals surface area contributed by atoms with Crippen molar-refractivity contribution >= 4 is 0 Å². The molecule has 0 aliphatic rings. The first-order valence-electron chi connectivity index (χ1n) is 9.29. The van der Waals surface area contributed by atoms with Crippen LogP contribution in [0.4, 0.5) is 4.39 Å². The largest absolute Gasteiger partial charge is 0.382 e. The van der Waals surface area contributed by atoms with Gasteiger partial charge < -0.3 is 10.1 Å². The van der Waals surface area contributed by atoms with Gasteiger partial charge in [0.1, 0.15) is 17.2 Å². The van der Waals surface area contributed by atoms with E-state index in [-0.39, 0.29) is 5.82 Å². The van der Waals surface area contributed by atoms with Crippen LogP contribution in [0.25, 0.3) is 11.3 Å². The highest BCUT2D eigenvalue weighted by molar-refractivity contribution is 5.60. The Morgan fingerprint density at radius 3 is 2.59 bits per heavy atom. The monoisotopic (exact) mass is 368 g/mol. The maximum atomic E-state index is 14.0. The summed E-state index contributed by atoms with van der Waals surface area (Å²) in [6.45, 7) is 5.23. The SMILES string of the molecule is CCOCCCNCc1nn(Cc2ccccc2F)nc1-c1ccccc1. The lowest BCUT2D eigenvalue weighted by atomic mass is 10.1. The van der Waals surface area contributed by atoms with Gasteiger partial charge in [0.2, 0.25) is 0 Å². The zero-order valence-electron chi connectivity index (χ0n) is 15.6. The molecule has 0 unspecified atom stereocenters. The molecule has 0 saturated carbocycles. The van der Waals surface area contributed by atoms with Gasteiger partial charge in [0.05, 0.1) is 6.54 Å². The van der Waals surface area contributed by atoms with E-state index in [0.29, 0.717) is 18.7 Å². The smallest absolute Gasteiger partial charge is 0.128 e. The molecular formula is C21H25FN4O. The number of aromatic nitrogens is 3. The molecule has 2 aromatic carbocycles. The zero-order chi connectivity index (χ0) is 18.9. The molecule has 142 valence electrons. The second-order valence-electron chi connectivity index (χ2n) is 6.21. The molecule has 0 spiro atoms. The van der Waals surface area contributed by atoms with Crippen LogP contribution in [0.5, 0.6) is 0 Å². The Bertz CT molecular complexity index is 835. The van der Waals surface area contributed by atoms with Crippen molar-refractivity contribution in [3.8, 4) is 11.3 Å². The molecule has 0 saturated heterocycles. The lowest BCUT2D eigenvalue weighted by Crippen LogP contribution is -2.17. The van der Waals surface area contributed by atoms with Gasteiger partial charge in [0.25, 0.3) is 0 Å². The van der Waals surface area contributed by atoms with E-state index in [4.69, 9.17) is 4.74 Å². The quantitative estimate of drug-likeness (QED) is 0.555. The second kappa shape index (κ2) is 9.94. The minimum absolute atomic E-state index is 0.244. The highest BCUT2D eigenvalue weighted by Gasteiger charge is 2.14. The molecule has 1 aromatic heterocycles. The minimum atomic E-state index is -0.244. The average Bonchev–Trinajstić information content (AvgIpc) is 3.10. The maximum Gasteiger partial charge on any atom is 0.128 e. The first kappa shape index (κ1) is 19.2. The van der Waals surface area contributed by atoms with Gasteiger partial charge in [-0.25, -0.2) is 4.39 Å². The van der Waals surface area contributed by atoms with Crippen molar-refractivity contribution in [2.75, 3.05) is 19.8 Å². The van der Waals surface area contributed by atoms with Crippen molar-refractivity contribution < 1.29 is 9.13 Å². The summed E-state index contributed by atoms with van der Waals surface area (Å²) in [7, 11) is 0. The predicted molar refractivity (Wildman–Crippen MR) is 104 cm³/mol. The van der Waals surface area contributed by atoms with Gasteiger partial charge in [-0.3, -0.25) is 0 Å². The first-order valence-corrected chi connectivity index (χ1v) is 9.29. The van der Waals surface area contributed by atoms with Crippen molar-refractivity contribution in [1.29, 1.82) is 0 Å². The molecule has 0 aliphatic heterocycles. The lowest BCUT2D eigenvalue weighted by Gasteiger charge is -2.04. The topological polar surface area (TPSA) is 52.0 Å². The van der Waals surface area contributed by atoms with E-state index >= 15 is 0 Å². The van der Waals surface area contributed by atoms with Crippen LogP contribution in [0, 0.1) is 5.82 Å². The lowest BCUT2D eigenvalue weighted by molar-refractivity contribution is 0.144. The Kier molecular flexibility index (Phi) is 7.07. The molecule has 0 aliphatic carbocycles. The standard InChI is InChI=1S/C21H25FN4O/c1-2-27-14-8-13-23-15-20-21(17-9-4-3-5-10-17)25-26(24-20)16-18-11-6-7-12-19(18)22/h3-7,9-12,23H,2,8,13-16H2,1H3. The number of hydrogen-bond donors (Lipinski definition) is 1. The Labute approximate surface area is 159 Å². The summed E-state index contributed by atoms with van der Waals surface area (Å²) in [6, 6.07) is 16.7. The van der Waals surface area contributed by atoms with Crippen LogP contribution < -0.4 is 5.32 Å². The summed E-state index contributed by atoms with van der Waals surface area (Å²) in [6.07, 6.45) is 0.942. The molecule has 3 rings (SSSR count). The van der Waals surface area contributed by atoms with Gasteiger partial charge in [-0.15, -0.1) is 0 Å². The van der Waals surface area contributed by atoms with Gasteiger partial charge in [0.15, 0.2) is 0 Å². The Hall–Kier alpha value is -2.57. The molecule has 27 heavy (non-hydrogen) atoms. The summed E-state index contributed by atoms with van der Waals surface area (Å²) >= 11 is 0. The fourth-order valence-corrected chi connectivity index (χ4v) is 2.82. The van der Waals surface area contributed by atoms with E-state index in [1.807, 2.05) is 43.3 Å². The van der Waals surface area contributed by atoms with Gasteiger partial charge in [-0.05, 0) is 26.0 Å². The first-order chi connectivity index (χ1) is 13.3. The van der Waals surface area contributed by atoms with E-state index in [2.05, 4.69) is 15.5 Å². The van der Waals surface area contributed by atoms with E-state index < -0.39 is 0 Å². The van der Waals surface area contributed by atoms with E-state index in [9.17, 15) is 4.39 Å². The van der Waals surface area contributed by atoms with Crippen molar-refractivity contribution in [3.05, 3.63) is 71.7 Å². The van der Waals surface area contributed by atoms with Crippen molar-refractivity contribution in [2.45, 2.75) is 26.4 Å². The van der Waals surface area contributed by atoms with Gasteiger partial charge >= 0.3 is 0 Å². The summed E-state index contributed by atoms with van der Waals surface area (Å²) in [5.74, 6) is -0.244. The van der Waals surface area contributed by atoms with Crippen LogP contribution in [-0.4, -0.2) is 34.8 Å². The number of hydrogen-bond acceptors (Lipinski definition) is 4. The van der Waals surface area contributed by atoms with Crippen LogP contribution in [0.3, 0.4) is 0 Å². The number of rotatable bonds is 10. The normalized spacial score (nSPS) is 11.0. The molecule has 6 heteroatoms. The van der Waals surface area contributed by atoms with Crippen molar-refractivity contribution in [1.82, 2.24) is 20.3 Å². The number of nitrogens with zero attached hydrogens (tertiary/aromatic N) is 3. The highest BCUT2D eigenvalue weighted by Crippen LogP contribution is 2.20. The Balaban J connectivity index is 1.74. The third-order valence-corrected chi connectivity index (χ3v) is 4.18. The van der Waals surface area contributed by atoms with Gasteiger partial charge in [-0.2, -0.15) is 15.0 Å². The maximum absolute atomic E-state index is 14.0. The molecule has 3 aromatic rings. The molecular weight excluding hydrogens is 343 g/mol. The summed E-state index contributed by atoms with van der Waals surface area (Å²) < 4.78 is 19.3.